The molecule has 26 heavy (non-hydrogen) atoms. The molecule has 0 aromatic heterocycles. The molecule has 0 amide bonds. The summed E-state index contributed by atoms with van der Waals surface area (Å²) >= 11 is 0. The van der Waals surface area contributed by atoms with E-state index in [1.807, 2.05) is 26.0 Å². The van der Waals surface area contributed by atoms with Crippen LogP contribution in [0.4, 0.5) is 13.2 Å². The summed E-state index contributed by atoms with van der Waals surface area (Å²) in [6, 6.07) is 7.23. The van der Waals surface area contributed by atoms with E-state index in [9.17, 15) is 21.6 Å². The van der Waals surface area contributed by atoms with Gasteiger partial charge in [-0.15, -0.1) is 0 Å². The van der Waals surface area contributed by atoms with Crippen LogP contribution in [-0.2, 0) is 30.9 Å². The number of hydrogen-bond acceptors (Lipinski definition) is 5. The standard InChI is InChI=1S/C17H24F3NO4S/c1-15(2)11-24-14(21-15)16(3,4)13-7-5-12(6-8-13)9-10-25-26(22,23)17(18,19)20/h5-8,14,21H,9-11H2,1-4H3. The van der Waals surface area contributed by atoms with Gasteiger partial charge < -0.3 is 4.74 Å². The number of alkyl halides is 3. The van der Waals surface area contributed by atoms with E-state index in [2.05, 4.69) is 23.3 Å². The number of hydrogen-bond donors (Lipinski definition) is 1. The summed E-state index contributed by atoms with van der Waals surface area (Å²) in [7, 11) is -5.55. The van der Waals surface area contributed by atoms with Crippen LogP contribution in [0.1, 0.15) is 38.8 Å². The Morgan fingerprint density at radius 1 is 1.23 bits per heavy atom. The van der Waals surface area contributed by atoms with E-state index >= 15 is 0 Å². The Labute approximate surface area is 152 Å². The molecule has 1 aromatic rings. The molecule has 1 aromatic carbocycles. The summed E-state index contributed by atoms with van der Waals surface area (Å²) < 4.78 is 68.2. The van der Waals surface area contributed by atoms with Crippen LogP contribution in [-0.4, -0.2) is 38.9 Å². The molecule has 0 saturated carbocycles. The van der Waals surface area contributed by atoms with Crippen LogP contribution in [0.5, 0.6) is 0 Å². The Bertz CT molecular complexity index is 727. The van der Waals surface area contributed by atoms with E-state index in [4.69, 9.17) is 4.74 Å². The maximum absolute atomic E-state index is 12.2. The first-order chi connectivity index (χ1) is 11.7. The molecule has 1 N–H and O–H groups in total. The highest BCUT2D eigenvalue weighted by Gasteiger charge is 2.47. The minimum atomic E-state index is -5.55. The number of halogens is 3. The molecule has 9 heteroatoms. The van der Waals surface area contributed by atoms with Gasteiger partial charge in [0.2, 0.25) is 0 Å². The number of ether oxygens (including phenoxy) is 1. The number of rotatable bonds is 6. The fourth-order valence-corrected chi connectivity index (χ4v) is 3.14. The molecule has 1 aliphatic rings. The van der Waals surface area contributed by atoms with Crippen LogP contribution in [0.15, 0.2) is 24.3 Å². The van der Waals surface area contributed by atoms with Gasteiger partial charge in [-0.2, -0.15) is 21.6 Å². The van der Waals surface area contributed by atoms with E-state index in [0.717, 1.165) is 5.56 Å². The van der Waals surface area contributed by atoms with Gasteiger partial charge in [0.15, 0.2) is 0 Å². The lowest BCUT2D eigenvalue weighted by atomic mass is 9.82. The minimum Gasteiger partial charge on any atom is -0.361 e. The first-order valence-corrected chi connectivity index (χ1v) is 9.60. The summed E-state index contributed by atoms with van der Waals surface area (Å²) in [4.78, 5) is 0. The molecule has 0 radical (unpaired) electrons. The maximum atomic E-state index is 12.2. The van der Waals surface area contributed by atoms with Crippen LogP contribution in [0.2, 0.25) is 0 Å². The van der Waals surface area contributed by atoms with E-state index < -0.39 is 22.2 Å². The SMILES string of the molecule is CC1(C)COC(C(C)(C)c2ccc(CCOS(=O)(=O)C(F)(F)F)cc2)N1. The summed E-state index contributed by atoms with van der Waals surface area (Å²) in [6.45, 7) is 8.23. The van der Waals surface area contributed by atoms with E-state index in [1.165, 1.54) is 0 Å². The molecule has 1 heterocycles. The van der Waals surface area contributed by atoms with Gasteiger partial charge in [-0.25, -0.2) is 0 Å². The Balaban J connectivity index is 1.98. The number of nitrogens with one attached hydrogen (secondary N) is 1. The van der Waals surface area contributed by atoms with E-state index in [-0.39, 0.29) is 23.6 Å². The van der Waals surface area contributed by atoms with Crippen molar-refractivity contribution in [2.45, 2.75) is 56.8 Å². The normalized spacial score (nSPS) is 21.1. The topological polar surface area (TPSA) is 64.6 Å². The number of benzene rings is 1. The van der Waals surface area contributed by atoms with Crippen molar-refractivity contribution >= 4 is 10.1 Å². The van der Waals surface area contributed by atoms with Gasteiger partial charge in [-0.3, -0.25) is 9.50 Å². The first kappa shape index (κ1) is 21.1. The zero-order chi connectivity index (χ0) is 19.8. The van der Waals surface area contributed by atoms with Crippen molar-refractivity contribution in [3.05, 3.63) is 35.4 Å². The quantitative estimate of drug-likeness (QED) is 0.592. The summed E-state index contributed by atoms with van der Waals surface area (Å²) in [5.41, 5.74) is -4.14. The Kier molecular flexibility index (Phi) is 5.78. The van der Waals surface area contributed by atoms with Crippen LogP contribution < -0.4 is 5.32 Å². The molecule has 1 unspecified atom stereocenters. The summed E-state index contributed by atoms with van der Waals surface area (Å²) in [5, 5.41) is 3.43. The first-order valence-electron chi connectivity index (χ1n) is 8.19. The predicted octanol–water partition coefficient (Wildman–Crippen LogP) is 3.10. The molecule has 1 aliphatic heterocycles. The lowest BCUT2D eigenvalue weighted by Gasteiger charge is -2.32. The zero-order valence-corrected chi connectivity index (χ0v) is 16.0. The van der Waals surface area contributed by atoms with Crippen LogP contribution in [0, 0.1) is 0 Å². The van der Waals surface area contributed by atoms with Crippen molar-refractivity contribution in [1.82, 2.24) is 5.32 Å². The minimum absolute atomic E-state index is 0.0568. The molecule has 0 aliphatic carbocycles. The Morgan fingerprint density at radius 3 is 2.27 bits per heavy atom. The van der Waals surface area contributed by atoms with Crippen LogP contribution >= 0.6 is 0 Å². The highest BCUT2D eigenvalue weighted by atomic mass is 32.2. The van der Waals surface area contributed by atoms with Gasteiger partial charge in [-0.1, -0.05) is 38.1 Å². The van der Waals surface area contributed by atoms with Crippen LogP contribution in [0.25, 0.3) is 0 Å². The Hall–Kier alpha value is -1.16. The molecule has 0 spiro atoms. The zero-order valence-electron chi connectivity index (χ0n) is 15.2. The van der Waals surface area contributed by atoms with Crippen molar-refractivity contribution in [3.63, 3.8) is 0 Å². The maximum Gasteiger partial charge on any atom is 0.523 e. The lowest BCUT2D eigenvalue weighted by Crippen LogP contribution is -2.47. The van der Waals surface area contributed by atoms with Gasteiger partial charge >= 0.3 is 15.6 Å². The molecule has 2 rings (SSSR count). The average Bonchev–Trinajstić information content (AvgIpc) is 2.87. The molecule has 5 nitrogen and oxygen atoms in total. The van der Waals surface area contributed by atoms with Crippen molar-refractivity contribution < 1.29 is 30.5 Å². The monoisotopic (exact) mass is 395 g/mol. The third kappa shape index (κ3) is 4.76. The van der Waals surface area contributed by atoms with E-state index in [1.54, 1.807) is 12.1 Å². The van der Waals surface area contributed by atoms with Crippen molar-refractivity contribution in [2.24, 2.45) is 0 Å². The van der Waals surface area contributed by atoms with Crippen LogP contribution in [0.3, 0.4) is 0 Å². The van der Waals surface area contributed by atoms with Crippen molar-refractivity contribution in [1.29, 1.82) is 0 Å². The van der Waals surface area contributed by atoms with Gasteiger partial charge in [0.05, 0.1) is 13.2 Å². The molecule has 1 fully saturated rings. The highest BCUT2D eigenvalue weighted by molar-refractivity contribution is 7.87. The molecular weight excluding hydrogens is 371 g/mol. The average molecular weight is 395 g/mol. The molecule has 0 bridgehead atoms. The predicted molar refractivity (Wildman–Crippen MR) is 91.1 cm³/mol. The lowest BCUT2D eigenvalue weighted by molar-refractivity contribution is -0.0541. The molecule has 148 valence electrons. The summed E-state index contributed by atoms with van der Waals surface area (Å²) in [5.74, 6) is 0. The second kappa shape index (κ2) is 7.10. The highest BCUT2D eigenvalue weighted by Crippen LogP contribution is 2.32. The fourth-order valence-electron chi connectivity index (χ4n) is 2.71. The van der Waals surface area contributed by atoms with Gasteiger partial charge in [0.25, 0.3) is 0 Å². The second-order valence-electron chi connectivity index (χ2n) is 7.61. The largest absolute Gasteiger partial charge is 0.523 e. The van der Waals surface area contributed by atoms with Gasteiger partial charge in [0.1, 0.15) is 6.23 Å². The Morgan fingerprint density at radius 2 is 1.81 bits per heavy atom. The smallest absolute Gasteiger partial charge is 0.361 e. The summed E-state index contributed by atoms with van der Waals surface area (Å²) in [6.07, 6.45) is -0.107. The fraction of sp³-hybridized carbons (Fsp3) is 0.647. The third-order valence-electron chi connectivity index (χ3n) is 4.40. The van der Waals surface area contributed by atoms with Crippen molar-refractivity contribution in [3.8, 4) is 0 Å². The van der Waals surface area contributed by atoms with E-state index in [0.29, 0.717) is 12.2 Å². The van der Waals surface area contributed by atoms with Gasteiger partial charge in [-0.05, 0) is 31.4 Å². The van der Waals surface area contributed by atoms with Crippen molar-refractivity contribution in [2.75, 3.05) is 13.2 Å². The molecular formula is C17H24F3NO4S. The third-order valence-corrected chi connectivity index (χ3v) is 5.44. The van der Waals surface area contributed by atoms with Gasteiger partial charge in [0, 0.05) is 11.0 Å². The molecule has 1 atom stereocenters. The second-order valence-corrected chi connectivity index (χ2v) is 9.22. The molecule has 1 saturated heterocycles.